The van der Waals surface area contributed by atoms with Gasteiger partial charge in [-0.05, 0) is 24.1 Å². The number of aromatic nitrogens is 5. The molecular weight excluding hydrogens is 445 g/mol. The molecule has 3 rings (SSSR count). The zero-order chi connectivity index (χ0) is 21.5. The molecule has 29 heavy (non-hydrogen) atoms. The van der Waals surface area contributed by atoms with Crippen molar-refractivity contribution in [3.63, 3.8) is 0 Å². The van der Waals surface area contributed by atoms with Crippen LogP contribution in [0.1, 0.15) is 25.3 Å². The zero-order valence-electron chi connectivity index (χ0n) is 14.9. The number of benzene rings is 1. The van der Waals surface area contributed by atoms with E-state index in [0.29, 0.717) is 0 Å². The number of H-pyrrole nitrogens is 2. The molecule has 0 amide bonds. The zero-order valence-corrected chi connectivity index (χ0v) is 17.3. The molecule has 0 aliphatic carbocycles. The number of aromatic amines is 2. The van der Waals surface area contributed by atoms with Gasteiger partial charge in [0, 0.05) is 5.56 Å². The van der Waals surface area contributed by atoms with Crippen LogP contribution in [0.2, 0.25) is 10.0 Å². The summed E-state index contributed by atoms with van der Waals surface area (Å²) >= 11 is 12.3. The molecule has 1 aromatic carbocycles. The third-order valence-electron chi connectivity index (χ3n) is 3.92. The van der Waals surface area contributed by atoms with Gasteiger partial charge in [0.2, 0.25) is 9.84 Å². The topological polar surface area (TPSA) is 148 Å². The number of hydrogen-bond acceptors (Lipinski definition) is 7. The second-order valence-electron chi connectivity index (χ2n) is 6.24. The van der Waals surface area contributed by atoms with Gasteiger partial charge in [-0.1, -0.05) is 37.0 Å². The van der Waals surface area contributed by atoms with Crippen molar-refractivity contribution in [1.29, 1.82) is 0 Å². The molecule has 0 fully saturated rings. The highest BCUT2D eigenvalue weighted by atomic mass is 35.5. The fourth-order valence-corrected chi connectivity index (χ4v) is 4.91. The Bertz CT molecular complexity index is 1370. The van der Waals surface area contributed by atoms with E-state index in [1.54, 1.807) is 13.8 Å². The van der Waals surface area contributed by atoms with Crippen LogP contribution in [0.3, 0.4) is 0 Å². The average molecular weight is 458 g/mol. The molecule has 0 atom stereocenters. The molecule has 2 aromatic heterocycles. The monoisotopic (exact) mass is 457 g/mol. The minimum Gasteiger partial charge on any atom is -0.271 e. The Morgan fingerprint density at radius 2 is 1.69 bits per heavy atom. The third-order valence-corrected chi connectivity index (χ3v) is 6.47. The van der Waals surface area contributed by atoms with E-state index in [1.165, 1.54) is 0 Å². The van der Waals surface area contributed by atoms with Crippen LogP contribution in [-0.4, -0.2) is 33.4 Å². The van der Waals surface area contributed by atoms with Gasteiger partial charge in [0.25, 0.3) is 11.1 Å². The maximum absolute atomic E-state index is 13.0. The van der Waals surface area contributed by atoms with E-state index in [2.05, 4.69) is 15.3 Å². The van der Waals surface area contributed by atoms with E-state index < -0.39 is 36.6 Å². The number of hydrogen-bond donors (Lipinski definition) is 2. The Morgan fingerprint density at radius 1 is 1.07 bits per heavy atom. The Balaban J connectivity index is 2.19. The van der Waals surface area contributed by atoms with Gasteiger partial charge in [-0.2, -0.15) is 14.9 Å². The van der Waals surface area contributed by atoms with Crippen LogP contribution in [0, 0.1) is 0 Å². The summed E-state index contributed by atoms with van der Waals surface area (Å²) in [7, 11) is -4.30. The average Bonchev–Trinajstić information content (AvgIpc) is 2.60. The van der Waals surface area contributed by atoms with E-state index in [0.717, 1.165) is 29.1 Å². The predicted molar refractivity (Wildman–Crippen MR) is 105 cm³/mol. The van der Waals surface area contributed by atoms with Gasteiger partial charge in [0.05, 0.1) is 15.7 Å². The van der Waals surface area contributed by atoms with Crippen molar-refractivity contribution < 1.29 is 8.42 Å². The van der Waals surface area contributed by atoms with E-state index >= 15 is 0 Å². The van der Waals surface area contributed by atoms with Crippen LogP contribution < -0.4 is 16.8 Å². The smallest absolute Gasteiger partial charge is 0.271 e. The third kappa shape index (κ3) is 3.88. The molecule has 0 unspecified atom stereocenters. The summed E-state index contributed by atoms with van der Waals surface area (Å²) in [5.41, 5.74) is -1.80. The summed E-state index contributed by atoms with van der Waals surface area (Å²) in [5.74, 6) is -0.248. The lowest BCUT2D eigenvalue weighted by Crippen LogP contribution is -2.30. The van der Waals surface area contributed by atoms with Crippen LogP contribution in [0.15, 0.2) is 48.7 Å². The minimum atomic E-state index is -4.30. The number of rotatable bonds is 4. The number of nitrogens with zero attached hydrogens (tertiary/aromatic N) is 3. The van der Waals surface area contributed by atoms with Gasteiger partial charge in [0.15, 0.2) is 5.03 Å². The van der Waals surface area contributed by atoms with Gasteiger partial charge in [0.1, 0.15) is 11.1 Å². The fraction of sp³-hybridized carbons (Fsp3) is 0.188. The van der Waals surface area contributed by atoms with Crippen LogP contribution in [0.4, 0.5) is 0 Å². The molecule has 10 nitrogen and oxygen atoms in total. The second kappa shape index (κ2) is 7.58. The summed E-state index contributed by atoms with van der Waals surface area (Å²) in [6.45, 7) is 3.45. The Labute approximate surface area is 173 Å². The van der Waals surface area contributed by atoms with Crippen molar-refractivity contribution >= 4 is 33.0 Å². The summed E-state index contributed by atoms with van der Waals surface area (Å²) in [6, 6.07) is 3.47. The van der Waals surface area contributed by atoms with Crippen LogP contribution >= 0.6 is 23.2 Å². The molecule has 0 aliphatic heterocycles. The Kier molecular flexibility index (Phi) is 5.48. The first-order valence-corrected chi connectivity index (χ1v) is 10.3. The standard InChI is InChI=1S/C16H13Cl2N5O5S/c1-7(2)9-5-13(21-22-15(9)25)29(27,28)14-10(17)3-8(4-11(14)18)23-16(26)20-12(24)6-19-23/h3-7H,1-2H3,(H,22,25)(H,20,24,26). The van der Waals surface area contributed by atoms with Crippen LogP contribution in [0.25, 0.3) is 5.69 Å². The molecule has 2 N–H and O–H groups in total. The summed E-state index contributed by atoms with van der Waals surface area (Å²) < 4.78 is 26.9. The predicted octanol–water partition coefficient (Wildman–Crippen LogP) is 1.27. The Hall–Kier alpha value is -2.76. The molecular formula is C16H13Cl2N5O5S. The normalized spacial score (nSPS) is 11.8. The maximum atomic E-state index is 13.0. The highest BCUT2D eigenvalue weighted by Crippen LogP contribution is 2.35. The summed E-state index contributed by atoms with van der Waals surface area (Å²) in [5, 5.41) is 8.39. The van der Waals surface area contributed by atoms with Crippen molar-refractivity contribution in [3.05, 3.63) is 71.2 Å². The van der Waals surface area contributed by atoms with Crippen LogP contribution in [-0.2, 0) is 9.84 Å². The second-order valence-corrected chi connectivity index (χ2v) is 8.89. The molecule has 13 heteroatoms. The molecule has 0 bridgehead atoms. The molecule has 0 spiro atoms. The van der Waals surface area contributed by atoms with Crippen molar-refractivity contribution in [2.24, 2.45) is 0 Å². The van der Waals surface area contributed by atoms with Gasteiger partial charge in [-0.25, -0.2) is 18.3 Å². The SMILES string of the molecule is CC(C)c1cc(S(=O)(=O)c2c(Cl)cc(-n3ncc(=O)[nH]c3=O)cc2Cl)n[nH]c1=O. The molecule has 2 heterocycles. The lowest BCUT2D eigenvalue weighted by atomic mass is 10.1. The maximum Gasteiger partial charge on any atom is 0.349 e. The number of sulfone groups is 1. The van der Waals surface area contributed by atoms with Crippen molar-refractivity contribution in [2.75, 3.05) is 0 Å². The van der Waals surface area contributed by atoms with Crippen LogP contribution in [0.5, 0.6) is 0 Å². The number of nitrogens with one attached hydrogen (secondary N) is 2. The van der Waals surface area contributed by atoms with Crippen molar-refractivity contribution in [2.45, 2.75) is 29.7 Å². The Morgan fingerprint density at radius 3 is 2.24 bits per heavy atom. The van der Waals surface area contributed by atoms with Gasteiger partial charge in [-0.15, -0.1) is 0 Å². The van der Waals surface area contributed by atoms with Crippen molar-refractivity contribution in [1.82, 2.24) is 25.0 Å². The van der Waals surface area contributed by atoms with E-state index in [-0.39, 0.29) is 27.2 Å². The van der Waals surface area contributed by atoms with E-state index in [1.807, 2.05) is 4.98 Å². The first-order chi connectivity index (χ1) is 13.5. The van der Waals surface area contributed by atoms with Crippen molar-refractivity contribution in [3.8, 4) is 5.69 Å². The summed E-state index contributed by atoms with van der Waals surface area (Å²) in [6.07, 6.45) is 0.867. The first-order valence-electron chi connectivity index (χ1n) is 8.05. The van der Waals surface area contributed by atoms with Gasteiger partial charge in [-0.3, -0.25) is 14.6 Å². The molecule has 0 saturated carbocycles. The molecule has 0 radical (unpaired) electrons. The fourth-order valence-electron chi connectivity index (χ4n) is 2.54. The van der Waals surface area contributed by atoms with Gasteiger partial charge >= 0.3 is 5.69 Å². The molecule has 0 aliphatic rings. The lowest BCUT2D eigenvalue weighted by molar-refractivity contribution is 0.588. The molecule has 152 valence electrons. The molecule has 3 aromatic rings. The first kappa shape index (κ1) is 21.0. The highest BCUT2D eigenvalue weighted by molar-refractivity contribution is 7.91. The largest absolute Gasteiger partial charge is 0.349 e. The van der Waals surface area contributed by atoms with Gasteiger partial charge < -0.3 is 0 Å². The molecule has 0 saturated heterocycles. The lowest BCUT2D eigenvalue weighted by Gasteiger charge is -2.12. The highest BCUT2D eigenvalue weighted by Gasteiger charge is 2.28. The van der Waals surface area contributed by atoms with E-state index in [9.17, 15) is 22.8 Å². The summed E-state index contributed by atoms with van der Waals surface area (Å²) in [4.78, 5) is 36.5. The quantitative estimate of drug-likeness (QED) is 0.598. The van der Waals surface area contributed by atoms with E-state index in [4.69, 9.17) is 23.2 Å². The minimum absolute atomic E-state index is 0.0393. The number of halogens is 2.